The van der Waals surface area contributed by atoms with Crippen molar-refractivity contribution in [2.75, 3.05) is 23.3 Å². The van der Waals surface area contributed by atoms with Crippen molar-refractivity contribution in [3.8, 4) is 0 Å². The Morgan fingerprint density at radius 2 is 1.85 bits per heavy atom. The van der Waals surface area contributed by atoms with Gasteiger partial charge in [0.15, 0.2) is 5.16 Å². The minimum absolute atomic E-state index is 0.0221. The SMILES string of the molecule is CC(Sc1nc2ccccc2[nH]1)C(=O)Nc1ccc(N2CCCCC2)cc1. The number of imidazole rings is 1. The van der Waals surface area contributed by atoms with Crippen molar-refractivity contribution < 1.29 is 4.79 Å². The number of hydrogen-bond donors (Lipinski definition) is 2. The average Bonchev–Trinajstić information content (AvgIpc) is 3.11. The van der Waals surface area contributed by atoms with E-state index >= 15 is 0 Å². The molecule has 0 radical (unpaired) electrons. The number of para-hydroxylation sites is 2. The Balaban J connectivity index is 1.36. The Morgan fingerprint density at radius 3 is 2.59 bits per heavy atom. The number of nitrogens with zero attached hydrogens (tertiary/aromatic N) is 2. The number of rotatable bonds is 5. The molecule has 5 nitrogen and oxygen atoms in total. The first-order chi connectivity index (χ1) is 13.2. The highest BCUT2D eigenvalue weighted by Gasteiger charge is 2.17. The predicted molar refractivity (Wildman–Crippen MR) is 113 cm³/mol. The van der Waals surface area contributed by atoms with Crippen LogP contribution in [-0.4, -0.2) is 34.2 Å². The minimum Gasteiger partial charge on any atom is -0.372 e. The van der Waals surface area contributed by atoms with Gasteiger partial charge in [0, 0.05) is 24.5 Å². The third-order valence-electron chi connectivity index (χ3n) is 4.88. The number of amides is 1. The first-order valence-corrected chi connectivity index (χ1v) is 10.3. The van der Waals surface area contributed by atoms with Gasteiger partial charge in [0.1, 0.15) is 0 Å². The standard InChI is InChI=1S/C21H24N4OS/c1-15(27-21-23-18-7-3-4-8-19(18)24-21)20(26)22-16-9-11-17(12-10-16)25-13-5-2-6-14-25/h3-4,7-12,15H,2,5-6,13-14H2,1H3,(H,22,26)(H,23,24). The van der Waals surface area contributed by atoms with E-state index in [2.05, 4.69) is 32.3 Å². The summed E-state index contributed by atoms with van der Waals surface area (Å²) in [5, 5.41) is 3.53. The number of H-pyrrole nitrogens is 1. The maximum Gasteiger partial charge on any atom is 0.237 e. The molecule has 2 aromatic carbocycles. The van der Waals surface area contributed by atoms with Crippen molar-refractivity contribution in [1.29, 1.82) is 0 Å². The van der Waals surface area contributed by atoms with Crippen LogP contribution in [0.3, 0.4) is 0 Å². The molecular formula is C21H24N4OS. The average molecular weight is 381 g/mol. The lowest BCUT2D eigenvalue weighted by Crippen LogP contribution is -2.29. The van der Waals surface area contributed by atoms with E-state index in [1.54, 1.807) is 0 Å². The molecule has 1 aliphatic heterocycles. The molecule has 1 aromatic heterocycles. The molecule has 1 unspecified atom stereocenters. The number of piperidine rings is 1. The molecule has 3 aromatic rings. The molecule has 1 aliphatic rings. The van der Waals surface area contributed by atoms with E-state index in [-0.39, 0.29) is 11.2 Å². The Kier molecular flexibility index (Phi) is 5.34. The molecular weight excluding hydrogens is 356 g/mol. The maximum atomic E-state index is 12.5. The van der Waals surface area contributed by atoms with E-state index in [4.69, 9.17) is 0 Å². The van der Waals surface area contributed by atoms with Crippen LogP contribution in [0, 0.1) is 0 Å². The summed E-state index contributed by atoms with van der Waals surface area (Å²) in [6.45, 7) is 4.14. The largest absolute Gasteiger partial charge is 0.372 e. The van der Waals surface area contributed by atoms with Gasteiger partial charge in [0.05, 0.1) is 16.3 Å². The number of hydrogen-bond acceptors (Lipinski definition) is 4. The smallest absolute Gasteiger partial charge is 0.237 e. The fraction of sp³-hybridized carbons (Fsp3) is 0.333. The molecule has 1 atom stereocenters. The Bertz CT molecular complexity index is 882. The first kappa shape index (κ1) is 17.9. The van der Waals surface area contributed by atoms with Crippen LogP contribution in [0.1, 0.15) is 26.2 Å². The van der Waals surface area contributed by atoms with Crippen LogP contribution in [0.15, 0.2) is 53.7 Å². The highest BCUT2D eigenvalue weighted by Crippen LogP contribution is 2.25. The minimum atomic E-state index is -0.243. The number of carbonyl (C=O) groups excluding carboxylic acids is 1. The summed E-state index contributed by atoms with van der Waals surface area (Å²) in [6, 6.07) is 16.0. The van der Waals surface area contributed by atoms with Gasteiger partial charge < -0.3 is 15.2 Å². The van der Waals surface area contributed by atoms with Crippen LogP contribution in [0.5, 0.6) is 0 Å². The molecule has 1 saturated heterocycles. The second kappa shape index (κ2) is 8.05. The summed E-state index contributed by atoms with van der Waals surface area (Å²) in [6.07, 6.45) is 3.84. The molecule has 0 saturated carbocycles. The van der Waals surface area contributed by atoms with Gasteiger partial charge in [-0.25, -0.2) is 4.98 Å². The normalized spacial score (nSPS) is 15.7. The van der Waals surface area contributed by atoms with Gasteiger partial charge in [-0.05, 0) is 62.6 Å². The van der Waals surface area contributed by atoms with Gasteiger partial charge in [0.2, 0.25) is 5.91 Å². The van der Waals surface area contributed by atoms with E-state index in [9.17, 15) is 4.79 Å². The lowest BCUT2D eigenvalue weighted by Gasteiger charge is -2.28. The highest BCUT2D eigenvalue weighted by molar-refractivity contribution is 8.00. The van der Waals surface area contributed by atoms with Gasteiger partial charge in [0.25, 0.3) is 0 Å². The van der Waals surface area contributed by atoms with Gasteiger partial charge in [-0.1, -0.05) is 23.9 Å². The molecule has 2 heterocycles. The number of benzene rings is 2. The van der Waals surface area contributed by atoms with Crippen LogP contribution < -0.4 is 10.2 Å². The van der Waals surface area contributed by atoms with Crippen LogP contribution in [0.2, 0.25) is 0 Å². The number of fused-ring (bicyclic) bond motifs is 1. The summed E-state index contributed by atoms with van der Waals surface area (Å²) in [4.78, 5) is 22.7. The monoisotopic (exact) mass is 380 g/mol. The zero-order valence-electron chi connectivity index (χ0n) is 15.4. The van der Waals surface area contributed by atoms with E-state index in [0.29, 0.717) is 0 Å². The van der Waals surface area contributed by atoms with Gasteiger partial charge in [-0.3, -0.25) is 4.79 Å². The van der Waals surface area contributed by atoms with Crippen molar-refractivity contribution in [3.05, 3.63) is 48.5 Å². The molecule has 1 amide bonds. The fourth-order valence-corrected chi connectivity index (χ4v) is 4.18. The number of aromatic amines is 1. The molecule has 2 N–H and O–H groups in total. The van der Waals surface area contributed by atoms with Crippen molar-refractivity contribution in [1.82, 2.24) is 9.97 Å². The van der Waals surface area contributed by atoms with Gasteiger partial charge in [-0.2, -0.15) is 0 Å². The zero-order chi connectivity index (χ0) is 18.6. The maximum absolute atomic E-state index is 12.5. The predicted octanol–water partition coefficient (Wildman–Crippen LogP) is 4.67. The van der Waals surface area contributed by atoms with Gasteiger partial charge >= 0.3 is 0 Å². The topological polar surface area (TPSA) is 61.0 Å². The molecule has 0 spiro atoms. The van der Waals surface area contributed by atoms with E-state index < -0.39 is 0 Å². The van der Waals surface area contributed by atoms with Crippen molar-refractivity contribution >= 4 is 40.1 Å². The van der Waals surface area contributed by atoms with Crippen molar-refractivity contribution in [2.24, 2.45) is 0 Å². The van der Waals surface area contributed by atoms with Crippen molar-refractivity contribution in [2.45, 2.75) is 36.6 Å². The number of nitrogens with one attached hydrogen (secondary N) is 2. The van der Waals surface area contributed by atoms with Crippen LogP contribution in [0.25, 0.3) is 11.0 Å². The third-order valence-corrected chi connectivity index (χ3v) is 5.87. The summed E-state index contributed by atoms with van der Waals surface area (Å²) in [5.41, 5.74) is 3.97. The summed E-state index contributed by atoms with van der Waals surface area (Å²) in [7, 11) is 0. The molecule has 6 heteroatoms. The summed E-state index contributed by atoms with van der Waals surface area (Å²) >= 11 is 1.44. The number of carbonyl (C=O) groups is 1. The summed E-state index contributed by atoms with van der Waals surface area (Å²) < 4.78 is 0. The third kappa shape index (κ3) is 4.27. The fourth-order valence-electron chi connectivity index (χ4n) is 3.36. The second-order valence-electron chi connectivity index (χ2n) is 6.90. The number of aromatic nitrogens is 2. The van der Waals surface area contributed by atoms with Crippen LogP contribution in [0.4, 0.5) is 11.4 Å². The molecule has 27 heavy (non-hydrogen) atoms. The lowest BCUT2D eigenvalue weighted by molar-refractivity contribution is -0.115. The van der Waals surface area contributed by atoms with E-state index in [1.807, 2.05) is 43.3 Å². The lowest BCUT2D eigenvalue weighted by atomic mass is 10.1. The molecule has 0 bridgehead atoms. The molecule has 4 rings (SSSR count). The molecule has 0 aliphatic carbocycles. The van der Waals surface area contributed by atoms with Gasteiger partial charge in [-0.15, -0.1) is 0 Å². The number of anilines is 2. The summed E-state index contributed by atoms with van der Waals surface area (Å²) in [5.74, 6) is -0.0221. The highest BCUT2D eigenvalue weighted by atomic mass is 32.2. The van der Waals surface area contributed by atoms with E-state index in [0.717, 1.165) is 35.0 Å². The second-order valence-corrected chi connectivity index (χ2v) is 8.23. The van der Waals surface area contributed by atoms with Crippen LogP contribution in [-0.2, 0) is 4.79 Å². The molecule has 1 fully saturated rings. The van der Waals surface area contributed by atoms with Crippen molar-refractivity contribution in [3.63, 3.8) is 0 Å². The quantitative estimate of drug-likeness (QED) is 0.631. The first-order valence-electron chi connectivity index (χ1n) is 9.46. The van der Waals surface area contributed by atoms with Crippen LogP contribution >= 0.6 is 11.8 Å². The number of thioether (sulfide) groups is 1. The zero-order valence-corrected chi connectivity index (χ0v) is 16.3. The Labute approximate surface area is 163 Å². The Hall–Kier alpha value is -2.47. The Morgan fingerprint density at radius 1 is 1.11 bits per heavy atom. The van der Waals surface area contributed by atoms with E-state index in [1.165, 1.54) is 36.7 Å². The molecule has 140 valence electrons.